The van der Waals surface area contributed by atoms with E-state index in [-0.39, 0.29) is 0 Å². The highest BCUT2D eigenvalue weighted by Crippen LogP contribution is 2.32. The third-order valence-corrected chi connectivity index (χ3v) is 2.05. The summed E-state index contributed by atoms with van der Waals surface area (Å²) < 4.78 is 72.1. The molecule has 0 aliphatic carbocycles. The monoisotopic (exact) mass is 258 g/mol. The number of hydrogen-bond donors (Lipinski definition) is 2. The zero-order valence-electron chi connectivity index (χ0n) is 7.55. The molecule has 3 N–H and O–H groups in total. The molecule has 1 aromatic rings. The van der Waals surface area contributed by atoms with E-state index in [2.05, 4.69) is 5.14 Å². The molecule has 0 atom stereocenters. The quantitative estimate of drug-likeness (QED) is 0.788. The Morgan fingerprint density at radius 3 is 2.25 bits per heavy atom. The van der Waals surface area contributed by atoms with Crippen molar-refractivity contribution in [2.45, 2.75) is 6.18 Å². The van der Waals surface area contributed by atoms with Gasteiger partial charge in [0, 0.05) is 0 Å². The fourth-order valence-electron chi connectivity index (χ4n) is 0.970. The van der Waals surface area contributed by atoms with Crippen molar-refractivity contribution in [3.05, 3.63) is 29.6 Å². The van der Waals surface area contributed by atoms with Crippen molar-refractivity contribution in [3.8, 4) is 0 Å². The normalized spacial score (nSPS) is 12.6. The molecular weight excluding hydrogens is 252 g/mol. The van der Waals surface area contributed by atoms with E-state index in [1.54, 1.807) is 4.72 Å². The van der Waals surface area contributed by atoms with Gasteiger partial charge in [0.25, 0.3) is 10.2 Å². The van der Waals surface area contributed by atoms with Gasteiger partial charge in [-0.2, -0.15) is 21.6 Å². The standard InChI is InChI=1S/C7H6F4N2O2S/c8-6-2-1-4(13-16(12,14)15)3-5(6)7(9,10)11/h1-3,13H,(H2,12,14,15). The summed E-state index contributed by atoms with van der Waals surface area (Å²) in [5, 5.41) is 4.55. The lowest BCUT2D eigenvalue weighted by atomic mass is 10.2. The van der Waals surface area contributed by atoms with Crippen LogP contribution in [0.2, 0.25) is 0 Å². The third-order valence-electron chi connectivity index (χ3n) is 1.53. The zero-order valence-corrected chi connectivity index (χ0v) is 8.36. The first kappa shape index (κ1) is 12.7. The molecule has 9 heteroatoms. The lowest BCUT2D eigenvalue weighted by molar-refractivity contribution is -0.139. The summed E-state index contributed by atoms with van der Waals surface area (Å²) >= 11 is 0. The molecule has 0 bridgehead atoms. The molecule has 0 heterocycles. The fourth-order valence-corrected chi connectivity index (χ4v) is 1.43. The minimum absolute atomic E-state index is 0.319. The fraction of sp³-hybridized carbons (Fsp3) is 0.143. The number of rotatable bonds is 2. The molecule has 0 unspecified atom stereocenters. The molecule has 16 heavy (non-hydrogen) atoms. The second-order valence-corrected chi connectivity index (χ2v) is 4.13. The third kappa shape index (κ3) is 3.35. The molecule has 0 saturated heterocycles. The number of hydrogen-bond acceptors (Lipinski definition) is 2. The summed E-state index contributed by atoms with van der Waals surface area (Å²) in [5.41, 5.74) is -2.03. The molecule has 1 rings (SSSR count). The molecule has 0 aliphatic rings. The van der Waals surface area contributed by atoms with Gasteiger partial charge < -0.3 is 0 Å². The first-order valence-electron chi connectivity index (χ1n) is 3.77. The van der Waals surface area contributed by atoms with E-state index in [0.717, 1.165) is 6.07 Å². The highest BCUT2D eigenvalue weighted by Gasteiger charge is 2.34. The van der Waals surface area contributed by atoms with Crippen molar-refractivity contribution in [3.63, 3.8) is 0 Å². The van der Waals surface area contributed by atoms with Crippen LogP contribution >= 0.6 is 0 Å². The van der Waals surface area contributed by atoms with Crippen molar-refractivity contribution in [1.29, 1.82) is 0 Å². The van der Waals surface area contributed by atoms with E-state index < -0.39 is 33.5 Å². The Kier molecular flexibility index (Phi) is 3.10. The lowest BCUT2D eigenvalue weighted by Crippen LogP contribution is -2.22. The maximum Gasteiger partial charge on any atom is 0.419 e. The molecule has 0 radical (unpaired) electrons. The summed E-state index contributed by atoms with van der Waals surface area (Å²) in [7, 11) is -4.19. The number of anilines is 1. The van der Waals surface area contributed by atoms with Crippen LogP contribution in [0, 0.1) is 5.82 Å². The van der Waals surface area contributed by atoms with Gasteiger partial charge in [0.1, 0.15) is 5.82 Å². The Labute approximate surface area is 88.2 Å². The number of halogens is 4. The van der Waals surface area contributed by atoms with Crippen LogP contribution in [-0.2, 0) is 16.4 Å². The zero-order chi connectivity index (χ0) is 12.6. The van der Waals surface area contributed by atoms with E-state index in [4.69, 9.17) is 0 Å². The van der Waals surface area contributed by atoms with E-state index in [1.165, 1.54) is 0 Å². The van der Waals surface area contributed by atoms with Crippen LogP contribution in [0.25, 0.3) is 0 Å². The number of benzene rings is 1. The molecule has 1 aromatic carbocycles. The van der Waals surface area contributed by atoms with Crippen LogP contribution in [0.4, 0.5) is 23.2 Å². The van der Waals surface area contributed by atoms with Crippen molar-refractivity contribution in [2.75, 3.05) is 4.72 Å². The highest BCUT2D eigenvalue weighted by atomic mass is 32.2. The van der Waals surface area contributed by atoms with Gasteiger partial charge in [0.05, 0.1) is 11.3 Å². The van der Waals surface area contributed by atoms with Gasteiger partial charge >= 0.3 is 6.18 Å². The van der Waals surface area contributed by atoms with Crippen molar-refractivity contribution in [2.24, 2.45) is 5.14 Å². The molecule has 0 saturated carbocycles. The maximum absolute atomic E-state index is 12.8. The first-order valence-corrected chi connectivity index (χ1v) is 5.31. The van der Waals surface area contributed by atoms with Gasteiger partial charge in [0.15, 0.2) is 0 Å². The molecule has 90 valence electrons. The Hall–Kier alpha value is -1.35. The highest BCUT2D eigenvalue weighted by molar-refractivity contribution is 7.90. The van der Waals surface area contributed by atoms with E-state index in [9.17, 15) is 26.0 Å². The van der Waals surface area contributed by atoms with Crippen LogP contribution < -0.4 is 9.86 Å². The molecule has 0 spiro atoms. The largest absolute Gasteiger partial charge is 0.419 e. The lowest BCUT2D eigenvalue weighted by Gasteiger charge is -2.10. The van der Waals surface area contributed by atoms with Crippen LogP contribution in [0.3, 0.4) is 0 Å². The van der Waals surface area contributed by atoms with Crippen molar-refractivity contribution >= 4 is 15.9 Å². The summed E-state index contributed by atoms with van der Waals surface area (Å²) in [5.74, 6) is -1.49. The number of nitrogens with one attached hydrogen (secondary N) is 1. The minimum Gasteiger partial charge on any atom is -0.271 e. The average Bonchev–Trinajstić information content (AvgIpc) is 2.04. The van der Waals surface area contributed by atoms with Crippen LogP contribution in [0.1, 0.15) is 5.56 Å². The van der Waals surface area contributed by atoms with Gasteiger partial charge in [-0.25, -0.2) is 9.53 Å². The van der Waals surface area contributed by atoms with E-state index >= 15 is 0 Å². The van der Waals surface area contributed by atoms with Crippen molar-refractivity contribution < 1.29 is 26.0 Å². The summed E-state index contributed by atoms with van der Waals surface area (Å²) in [6.45, 7) is 0. The van der Waals surface area contributed by atoms with Crippen molar-refractivity contribution in [1.82, 2.24) is 0 Å². The maximum atomic E-state index is 12.8. The number of alkyl halides is 3. The molecular formula is C7H6F4N2O2S. The van der Waals surface area contributed by atoms with Gasteiger partial charge in [-0.1, -0.05) is 0 Å². The Morgan fingerprint density at radius 1 is 1.25 bits per heavy atom. The summed E-state index contributed by atoms with van der Waals surface area (Å²) in [6, 6.07) is 1.64. The summed E-state index contributed by atoms with van der Waals surface area (Å²) in [6.07, 6.45) is -4.90. The Morgan fingerprint density at radius 2 is 1.81 bits per heavy atom. The molecule has 4 nitrogen and oxygen atoms in total. The topological polar surface area (TPSA) is 72.2 Å². The minimum atomic E-state index is -4.90. The average molecular weight is 258 g/mol. The second-order valence-electron chi connectivity index (χ2n) is 2.84. The van der Waals surface area contributed by atoms with Crippen LogP contribution in [-0.4, -0.2) is 8.42 Å². The molecule has 0 aliphatic heterocycles. The molecule has 0 fully saturated rings. The smallest absolute Gasteiger partial charge is 0.271 e. The summed E-state index contributed by atoms with van der Waals surface area (Å²) in [4.78, 5) is 0. The van der Waals surface area contributed by atoms with Crippen LogP contribution in [0.15, 0.2) is 18.2 Å². The number of nitrogens with two attached hydrogens (primary N) is 1. The van der Waals surface area contributed by atoms with Gasteiger partial charge in [-0.3, -0.25) is 4.72 Å². The SMILES string of the molecule is NS(=O)(=O)Nc1ccc(F)c(C(F)(F)F)c1. The Bertz CT molecular complexity index is 498. The predicted molar refractivity (Wildman–Crippen MR) is 48.1 cm³/mol. The Balaban J connectivity index is 3.18. The van der Waals surface area contributed by atoms with Gasteiger partial charge in [-0.15, -0.1) is 0 Å². The van der Waals surface area contributed by atoms with Gasteiger partial charge in [0.2, 0.25) is 0 Å². The van der Waals surface area contributed by atoms with E-state index in [1.807, 2.05) is 0 Å². The van der Waals surface area contributed by atoms with Crippen LogP contribution in [0.5, 0.6) is 0 Å². The van der Waals surface area contributed by atoms with Gasteiger partial charge in [-0.05, 0) is 18.2 Å². The molecule has 0 aromatic heterocycles. The van der Waals surface area contributed by atoms with E-state index in [0.29, 0.717) is 12.1 Å². The first-order chi connectivity index (χ1) is 7.09. The molecule has 0 amide bonds. The predicted octanol–water partition coefficient (Wildman–Crippen LogP) is 1.46. The second kappa shape index (κ2) is 3.91.